The molecule has 38 heavy (non-hydrogen) atoms. The van der Waals surface area contributed by atoms with Crippen LogP contribution in [0.15, 0.2) is 30.3 Å². The number of rotatable bonds is 10. The number of carbonyl (C=O) groups is 3. The fourth-order valence-corrected chi connectivity index (χ4v) is 6.57. The molecule has 2 fully saturated rings. The summed E-state index contributed by atoms with van der Waals surface area (Å²) in [7, 11) is 0. The lowest BCUT2D eigenvalue weighted by molar-refractivity contribution is -0.141. The molecule has 1 aromatic heterocycles. The predicted octanol–water partition coefficient (Wildman–Crippen LogP) is 2.74. The van der Waals surface area contributed by atoms with Crippen molar-refractivity contribution in [1.29, 1.82) is 0 Å². The maximum atomic E-state index is 13.2. The van der Waals surface area contributed by atoms with Crippen molar-refractivity contribution in [2.24, 2.45) is 0 Å². The van der Waals surface area contributed by atoms with Crippen LogP contribution in [0.2, 0.25) is 0 Å². The van der Waals surface area contributed by atoms with E-state index in [1.165, 1.54) is 24.2 Å². The third-order valence-electron chi connectivity index (χ3n) is 7.43. The second-order valence-electron chi connectivity index (χ2n) is 10.5. The van der Waals surface area contributed by atoms with Crippen molar-refractivity contribution in [1.82, 2.24) is 25.8 Å². The number of hydrogen-bond donors (Lipinski definition) is 4. The van der Waals surface area contributed by atoms with E-state index < -0.39 is 17.9 Å². The Hall–Kier alpha value is -2.82. The molecule has 0 saturated carbocycles. The Morgan fingerprint density at radius 2 is 1.79 bits per heavy atom. The summed E-state index contributed by atoms with van der Waals surface area (Å²) < 4.78 is 0. The number of piperidine rings is 2. The van der Waals surface area contributed by atoms with Crippen LogP contribution in [0.3, 0.4) is 0 Å². The first kappa shape index (κ1) is 28.2. The second kappa shape index (κ2) is 13.3. The maximum Gasteiger partial charge on any atom is 0.328 e. The SMILES string of the molecule is CC(C)c1nc(C2CCN(C3CCNCC3)CC2)sc1C(=O)NC[C@H](NC(=O)Cc1ccccc1)C(=O)O. The molecule has 2 aromatic rings. The summed E-state index contributed by atoms with van der Waals surface area (Å²) in [5, 5.41) is 19.3. The molecular weight excluding hydrogens is 502 g/mol. The quantitative estimate of drug-likeness (QED) is 0.365. The van der Waals surface area contributed by atoms with E-state index >= 15 is 0 Å². The molecule has 2 aliphatic heterocycles. The van der Waals surface area contributed by atoms with Gasteiger partial charge in [-0.15, -0.1) is 11.3 Å². The Labute approximate surface area is 228 Å². The van der Waals surface area contributed by atoms with Crippen molar-refractivity contribution in [3.05, 3.63) is 51.5 Å². The highest BCUT2D eigenvalue weighted by Gasteiger charge is 2.31. The van der Waals surface area contributed by atoms with Crippen LogP contribution in [0.4, 0.5) is 0 Å². The molecule has 0 spiro atoms. The first-order valence-electron chi connectivity index (χ1n) is 13.6. The van der Waals surface area contributed by atoms with Gasteiger partial charge in [0.05, 0.1) is 17.1 Å². The van der Waals surface area contributed by atoms with Gasteiger partial charge in [0, 0.05) is 18.5 Å². The maximum absolute atomic E-state index is 13.2. The van der Waals surface area contributed by atoms with E-state index in [9.17, 15) is 19.5 Å². The molecule has 9 nitrogen and oxygen atoms in total. The third kappa shape index (κ3) is 7.39. The largest absolute Gasteiger partial charge is 0.480 e. The number of carboxylic acid groups (broad SMARTS) is 1. The van der Waals surface area contributed by atoms with Crippen LogP contribution in [0.1, 0.15) is 77.3 Å². The molecule has 10 heteroatoms. The highest BCUT2D eigenvalue weighted by atomic mass is 32.1. The van der Waals surface area contributed by atoms with Gasteiger partial charge in [-0.25, -0.2) is 9.78 Å². The normalized spacial score (nSPS) is 18.3. The van der Waals surface area contributed by atoms with E-state index in [1.54, 1.807) is 0 Å². The van der Waals surface area contributed by atoms with Crippen molar-refractivity contribution in [3.8, 4) is 0 Å². The molecule has 2 saturated heterocycles. The van der Waals surface area contributed by atoms with E-state index in [0.29, 0.717) is 16.8 Å². The number of aromatic nitrogens is 1. The van der Waals surface area contributed by atoms with Crippen LogP contribution in [0.5, 0.6) is 0 Å². The van der Waals surface area contributed by atoms with Crippen LogP contribution in [-0.4, -0.2) is 77.6 Å². The molecule has 2 amide bonds. The first-order chi connectivity index (χ1) is 18.3. The van der Waals surface area contributed by atoms with Gasteiger partial charge in [0.25, 0.3) is 5.91 Å². The summed E-state index contributed by atoms with van der Waals surface area (Å²) in [6, 6.07) is 8.56. The molecule has 2 aliphatic rings. The summed E-state index contributed by atoms with van der Waals surface area (Å²) >= 11 is 1.43. The molecule has 4 rings (SSSR count). The Balaban J connectivity index is 1.35. The number of carboxylic acids is 1. The van der Waals surface area contributed by atoms with Crippen LogP contribution >= 0.6 is 11.3 Å². The lowest BCUT2D eigenvalue weighted by atomic mass is 9.94. The highest BCUT2D eigenvalue weighted by molar-refractivity contribution is 7.13. The molecule has 4 N–H and O–H groups in total. The summed E-state index contributed by atoms with van der Waals surface area (Å²) in [6.07, 6.45) is 4.54. The molecule has 1 atom stereocenters. The summed E-state index contributed by atoms with van der Waals surface area (Å²) in [4.78, 5) is 45.4. The standard InChI is InChI=1S/C28H39N5O4S/c1-18(2)24-25(38-27(32-24)20-10-14-33(15-11-20)21-8-12-29-13-9-21)26(35)30-17-22(28(36)37)31-23(34)16-19-6-4-3-5-7-19/h3-7,18,20-22,29H,8-17H2,1-2H3,(H,30,35)(H,31,34)(H,36,37)/t22-/m0/s1. The molecule has 0 bridgehead atoms. The molecule has 0 radical (unpaired) electrons. The topological polar surface area (TPSA) is 124 Å². The van der Waals surface area contributed by atoms with Crippen molar-refractivity contribution in [2.75, 3.05) is 32.7 Å². The van der Waals surface area contributed by atoms with Crippen LogP contribution in [0.25, 0.3) is 0 Å². The summed E-state index contributed by atoms with van der Waals surface area (Å²) in [5.41, 5.74) is 1.54. The third-order valence-corrected chi connectivity index (χ3v) is 8.67. The van der Waals surface area contributed by atoms with Crippen molar-refractivity contribution in [2.45, 2.75) is 69.9 Å². The predicted molar refractivity (Wildman–Crippen MR) is 148 cm³/mol. The van der Waals surface area contributed by atoms with E-state index in [-0.39, 0.29) is 24.8 Å². The van der Waals surface area contributed by atoms with Gasteiger partial charge in [0.1, 0.15) is 10.9 Å². The number of carbonyl (C=O) groups excluding carboxylic acids is 2. The number of nitrogens with one attached hydrogen (secondary N) is 3. The van der Waals surface area contributed by atoms with Crippen molar-refractivity contribution in [3.63, 3.8) is 0 Å². The monoisotopic (exact) mass is 541 g/mol. The Morgan fingerprint density at radius 1 is 1.11 bits per heavy atom. The van der Waals surface area contributed by atoms with Crippen LogP contribution < -0.4 is 16.0 Å². The molecular formula is C28H39N5O4S. The molecule has 206 valence electrons. The minimum Gasteiger partial charge on any atom is -0.480 e. The van der Waals surface area contributed by atoms with Gasteiger partial charge in [-0.1, -0.05) is 44.2 Å². The van der Waals surface area contributed by atoms with Gasteiger partial charge in [-0.2, -0.15) is 0 Å². The molecule has 1 aromatic carbocycles. The number of benzene rings is 1. The Kier molecular flexibility index (Phi) is 9.87. The summed E-state index contributed by atoms with van der Waals surface area (Å²) in [5.74, 6) is -1.54. The number of nitrogens with zero attached hydrogens (tertiary/aromatic N) is 2. The van der Waals surface area contributed by atoms with Crippen molar-refractivity contribution >= 4 is 29.1 Å². The minimum absolute atomic E-state index is 0.0661. The lowest BCUT2D eigenvalue weighted by Crippen LogP contribution is -2.48. The molecule has 0 unspecified atom stereocenters. The Bertz CT molecular complexity index is 1090. The minimum atomic E-state index is -1.22. The first-order valence-corrected chi connectivity index (χ1v) is 14.4. The zero-order valence-corrected chi connectivity index (χ0v) is 23.1. The van der Waals surface area contributed by atoms with Gasteiger partial charge in [0.2, 0.25) is 5.91 Å². The van der Waals surface area contributed by atoms with Crippen LogP contribution in [0, 0.1) is 0 Å². The average Bonchev–Trinajstić information content (AvgIpc) is 3.38. The van der Waals surface area contributed by atoms with Crippen LogP contribution in [-0.2, 0) is 16.0 Å². The van der Waals surface area contributed by atoms with E-state index in [4.69, 9.17) is 4.98 Å². The van der Waals surface area contributed by atoms with Gasteiger partial charge in [-0.3, -0.25) is 9.59 Å². The fraction of sp³-hybridized carbons (Fsp3) is 0.571. The zero-order chi connectivity index (χ0) is 27.1. The van der Waals surface area contributed by atoms with E-state index in [0.717, 1.165) is 55.3 Å². The van der Waals surface area contributed by atoms with E-state index in [2.05, 4.69) is 20.9 Å². The number of aliphatic carboxylic acids is 1. The van der Waals surface area contributed by atoms with E-state index in [1.807, 2.05) is 44.2 Å². The number of hydrogen-bond acceptors (Lipinski definition) is 7. The number of amides is 2. The average molecular weight is 542 g/mol. The zero-order valence-electron chi connectivity index (χ0n) is 22.2. The van der Waals surface area contributed by atoms with Gasteiger partial charge >= 0.3 is 5.97 Å². The smallest absolute Gasteiger partial charge is 0.328 e. The Morgan fingerprint density at radius 3 is 2.42 bits per heavy atom. The molecule has 3 heterocycles. The summed E-state index contributed by atoms with van der Waals surface area (Å²) in [6.45, 7) is 8.11. The fourth-order valence-electron chi connectivity index (χ4n) is 5.26. The van der Waals surface area contributed by atoms with Crippen molar-refractivity contribution < 1.29 is 19.5 Å². The number of thiazole rings is 1. The molecule has 0 aliphatic carbocycles. The lowest BCUT2D eigenvalue weighted by Gasteiger charge is -2.39. The number of likely N-dealkylation sites (tertiary alicyclic amines) is 1. The van der Waals surface area contributed by atoms with Gasteiger partial charge in [0.15, 0.2) is 0 Å². The highest BCUT2D eigenvalue weighted by Crippen LogP contribution is 2.35. The van der Waals surface area contributed by atoms with Gasteiger partial charge < -0.3 is 26.0 Å². The van der Waals surface area contributed by atoms with Gasteiger partial charge in [-0.05, 0) is 63.3 Å². The second-order valence-corrected chi connectivity index (χ2v) is 11.6.